The molecule has 1 heterocycles. The number of carbonyl (C=O) groups excluding carboxylic acids is 2. The lowest BCUT2D eigenvalue weighted by Gasteiger charge is -2.38. The first kappa shape index (κ1) is 19.1. The van der Waals surface area contributed by atoms with Gasteiger partial charge in [-0.25, -0.2) is 0 Å². The predicted octanol–water partition coefficient (Wildman–Crippen LogP) is 2.36. The molecule has 25 heavy (non-hydrogen) atoms. The summed E-state index contributed by atoms with van der Waals surface area (Å²) in [4.78, 5) is 26.3. The summed E-state index contributed by atoms with van der Waals surface area (Å²) in [5, 5.41) is 3.02. The maximum atomic E-state index is 12.7. The van der Waals surface area contributed by atoms with Crippen molar-refractivity contribution in [3.05, 3.63) is 23.8 Å². The van der Waals surface area contributed by atoms with E-state index in [-0.39, 0.29) is 11.8 Å². The average Bonchev–Trinajstić information content (AvgIpc) is 2.65. The SMILES string of the molecule is CCC(=O)N1CCC(C)(C(=O)NCc2cc(OC)cc(OC)c2)CC1. The van der Waals surface area contributed by atoms with E-state index in [1.807, 2.05) is 30.9 Å². The Hall–Kier alpha value is -2.24. The van der Waals surface area contributed by atoms with Gasteiger partial charge in [-0.2, -0.15) is 0 Å². The second-order valence-electron chi connectivity index (χ2n) is 6.70. The van der Waals surface area contributed by atoms with Crippen LogP contribution in [0.15, 0.2) is 18.2 Å². The van der Waals surface area contributed by atoms with Crippen molar-refractivity contribution in [1.82, 2.24) is 10.2 Å². The van der Waals surface area contributed by atoms with Gasteiger partial charge in [0.2, 0.25) is 11.8 Å². The summed E-state index contributed by atoms with van der Waals surface area (Å²) >= 11 is 0. The van der Waals surface area contributed by atoms with Crippen LogP contribution in [0.4, 0.5) is 0 Å². The van der Waals surface area contributed by atoms with Gasteiger partial charge in [0.05, 0.1) is 14.2 Å². The van der Waals surface area contributed by atoms with E-state index in [0.29, 0.717) is 50.4 Å². The fourth-order valence-corrected chi connectivity index (χ4v) is 3.06. The van der Waals surface area contributed by atoms with Crippen molar-refractivity contribution in [3.8, 4) is 11.5 Å². The molecule has 1 fully saturated rings. The van der Waals surface area contributed by atoms with Gasteiger partial charge in [0.15, 0.2) is 0 Å². The van der Waals surface area contributed by atoms with Crippen LogP contribution in [0.5, 0.6) is 11.5 Å². The molecule has 6 nitrogen and oxygen atoms in total. The molecule has 6 heteroatoms. The zero-order valence-electron chi connectivity index (χ0n) is 15.6. The molecule has 0 saturated carbocycles. The topological polar surface area (TPSA) is 67.9 Å². The van der Waals surface area contributed by atoms with Crippen LogP contribution < -0.4 is 14.8 Å². The van der Waals surface area contributed by atoms with Gasteiger partial charge in [0.1, 0.15) is 11.5 Å². The molecular weight excluding hydrogens is 320 g/mol. The third-order valence-corrected chi connectivity index (χ3v) is 4.93. The number of amides is 2. The number of ether oxygens (including phenoxy) is 2. The van der Waals surface area contributed by atoms with Gasteiger partial charge in [-0.3, -0.25) is 9.59 Å². The largest absolute Gasteiger partial charge is 0.497 e. The van der Waals surface area contributed by atoms with Gasteiger partial charge in [-0.05, 0) is 30.5 Å². The number of nitrogens with one attached hydrogen (secondary N) is 1. The first-order valence-electron chi connectivity index (χ1n) is 8.70. The Balaban J connectivity index is 1.95. The molecular formula is C19H28N2O4. The van der Waals surface area contributed by atoms with E-state index in [1.165, 1.54) is 0 Å². The minimum atomic E-state index is -0.437. The highest BCUT2D eigenvalue weighted by molar-refractivity contribution is 5.83. The molecule has 0 unspecified atom stereocenters. The highest BCUT2D eigenvalue weighted by Crippen LogP contribution is 2.31. The summed E-state index contributed by atoms with van der Waals surface area (Å²) < 4.78 is 10.5. The first-order valence-corrected chi connectivity index (χ1v) is 8.70. The van der Waals surface area contributed by atoms with Crippen LogP contribution in [0.2, 0.25) is 0 Å². The Kier molecular flexibility index (Phi) is 6.28. The smallest absolute Gasteiger partial charge is 0.226 e. The van der Waals surface area contributed by atoms with E-state index in [9.17, 15) is 9.59 Å². The molecule has 1 aliphatic heterocycles. The maximum absolute atomic E-state index is 12.7. The molecule has 0 aromatic heterocycles. The molecule has 2 rings (SSSR count). The molecule has 2 amide bonds. The summed E-state index contributed by atoms with van der Waals surface area (Å²) in [6, 6.07) is 5.56. The fourth-order valence-electron chi connectivity index (χ4n) is 3.06. The number of hydrogen-bond acceptors (Lipinski definition) is 4. The van der Waals surface area contributed by atoms with E-state index < -0.39 is 5.41 Å². The number of nitrogens with zero attached hydrogens (tertiary/aromatic N) is 1. The number of carbonyl (C=O) groups is 2. The zero-order chi connectivity index (χ0) is 18.4. The summed E-state index contributed by atoms with van der Waals surface area (Å²) in [5.74, 6) is 1.58. The molecule has 1 aromatic carbocycles. The van der Waals surface area contributed by atoms with Crippen LogP contribution in [-0.4, -0.2) is 44.0 Å². The predicted molar refractivity (Wildman–Crippen MR) is 95.6 cm³/mol. The Morgan fingerprint density at radius 2 is 1.68 bits per heavy atom. The number of piperidine rings is 1. The summed E-state index contributed by atoms with van der Waals surface area (Å²) in [6.07, 6.45) is 1.89. The van der Waals surface area contributed by atoms with E-state index in [1.54, 1.807) is 20.3 Å². The minimum Gasteiger partial charge on any atom is -0.497 e. The van der Waals surface area contributed by atoms with Crippen LogP contribution >= 0.6 is 0 Å². The van der Waals surface area contributed by atoms with Crippen LogP contribution in [0, 0.1) is 5.41 Å². The molecule has 1 aliphatic rings. The molecule has 0 bridgehead atoms. The Labute approximate surface area is 149 Å². The lowest BCUT2D eigenvalue weighted by atomic mass is 9.79. The molecule has 0 radical (unpaired) electrons. The van der Waals surface area contributed by atoms with Gasteiger partial charge in [0.25, 0.3) is 0 Å². The lowest BCUT2D eigenvalue weighted by Crippen LogP contribution is -2.48. The third kappa shape index (κ3) is 4.65. The minimum absolute atomic E-state index is 0.0258. The van der Waals surface area contributed by atoms with Gasteiger partial charge in [-0.1, -0.05) is 13.8 Å². The van der Waals surface area contributed by atoms with Gasteiger partial charge < -0.3 is 19.7 Å². The quantitative estimate of drug-likeness (QED) is 0.857. The van der Waals surface area contributed by atoms with Crippen molar-refractivity contribution in [1.29, 1.82) is 0 Å². The highest BCUT2D eigenvalue weighted by atomic mass is 16.5. The third-order valence-electron chi connectivity index (χ3n) is 4.93. The van der Waals surface area contributed by atoms with E-state index in [2.05, 4.69) is 5.32 Å². The van der Waals surface area contributed by atoms with Crippen LogP contribution in [0.25, 0.3) is 0 Å². The first-order chi connectivity index (χ1) is 11.9. The van der Waals surface area contributed by atoms with Crippen molar-refractivity contribution in [2.75, 3.05) is 27.3 Å². The van der Waals surface area contributed by atoms with E-state index >= 15 is 0 Å². The fraction of sp³-hybridized carbons (Fsp3) is 0.579. The number of hydrogen-bond donors (Lipinski definition) is 1. The number of likely N-dealkylation sites (tertiary alicyclic amines) is 1. The number of methoxy groups -OCH3 is 2. The summed E-state index contributed by atoms with van der Waals surface area (Å²) in [5.41, 5.74) is 0.486. The van der Waals surface area contributed by atoms with Crippen LogP contribution in [0.1, 0.15) is 38.7 Å². The molecule has 1 saturated heterocycles. The lowest BCUT2D eigenvalue weighted by molar-refractivity contribution is -0.139. The molecule has 1 aromatic rings. The maximum Gasteiger partial charge on any atom is 0.226 e. The highest BCUT2D eigenvalue weighted by Gasteiger charge is 2.37. The van der Waals surface area contributed by atoms with E-state index in [4.69, 9.17) is 9.47 Å². The van der Waals surface area contributed by atoms with Crippen molar-refractivity contribution in [3.63, 3.8) is 0 Å². The molecule has 0 atom stereocenters. The van der Waals surface area contributed by atoms with Crippen LogP contribution in [-0.2, 0) is 16.1 Å². The number of benzene rings is 1. The standard InChI is InChI=1S/C19H28N2O4/c1-5-17(22)21-8-6-19(2,7-9-21)18(23)20-13-14-10-15(24-3)12-16(11-14)25-4/h10-12H,5-9,13H2,1-4H3,(H,20,23). The molecule has 138 valence electrons. The Bertz CT molecular complexity index is 600. The van der Waals surface area contributed by atoms with Crippen molar-refractivity contribution in [2.24, 2.45) is 5.41 Å². The summed E-state index contributed by atoms with van der Waals surface area (Å²) in [7, 11) is 3.20. The summed E-state index contributed by atoms with van der Waals surface area (Å²) in [6.45, 7) is 5.54. The Morgan fingerprint density at radius 3 is 2.16 bits per heavy atom. The van der Waals surface area contributed by atoms with Crippen molar-refractivity contribution >= 4 is 11.8 Å². The number of rotatable bonds is 6. The van der Waals surface area contributed by atoms with Crippen LogP contribution in [0.3, 0.4) is 0 Å². The molecule has 0 aliphatic carbocycles. The second kappa shape index (κ2) is 8.23. The van der Waals surface area contributed by atoms with Crippen molar-refractivity contribution in [2.45, 2.75) is 39.7 Å². The average molecular weight is 348 g/mol. The Morgan fingerprint density at radius 1 is 1.12 bits per heavy atom. The monoisotopic (exact) mass is 348 g/mol. The normalized spacial score (nSPS) is 16.2. The van der Waals surface area contributed by atoms with Gasteiger partial charge >= 0.3 is 0 Å². The molecule has 1 N–H and O–H groups in total. The van der Waals surface area contributed by atoms with Gasteiger partial charge in [-0.15, -0.1) is 0 Å². The second-order valence-corrected chi connectivity index (χ2v) is 6.70. The molecule has 0 spiro atoms. The van der Waals surface area contributed by atoms with E-state index in [0.717, 1.165) is 5.56 Å². The zero-order valence-corrected chi connectivity index (χ0v) is 15.6. The van der Waals surface area contributed by atoms with Crippen molar-refractivity contribution < 1.29 is 19.1 Å². The van der Waals surface area contributed by atoms with Gasteiger partial charge in [0, 0.05) is 37.5 Å².